The van der Waals surface area contributed by atoms with E-state index in [1.807, 2.05) is 81.5 Å². The molecule has 37 heavy (non-hydrogen) atoms. The molecule has 0 saturated heterocycles. The predicted octanol–water partition coefficient (Wildman–Crippen LogP) is 7.86. The second kappa shape index (κ2) is 16.1. The minimum Gasteiger partial charge on any atom is -0.255 e. The lowest BCUT2D eigenvalue weighted by Crippen LogP contribution is -2.03. The van der Waals surface area contributed by atoms with Crippen LogP contribution in [0.3, 0.4) is 0 Å². The van der Waals surface area contributed by atoms with Gasteiger partial charge in [0.15, 0.2) is 0 Å². The number of hydrogen-bond acceptors (Lipinski definition) is 4. The Morgan fingerprint density at radius 1 is 1.05 bits per heavy atom. The molecule has 0 saturated carbocycles. The lowest BCUT2D eigenvalue weighted by Gasteiger charge is -2.06. The summed E-state index contributed by atoms with van der Waals surface area (Å²) in [5, 5.41) is 0. The maximum Gasteiger partial charge on any atom is 0.113 e. The number of allylic oxidation sites excluding steroid dienone is 6. The van der Waals surface area contributed by atoms with Crippen molar-refractivity contribution in [1.82, 2.24) is 4.98 Å². The largest absolute Gasteiger partial charge is 0.255 e. The SMILES string of the molecule is C=CN=C(C=C)C(=C/C)/N=C(\C=C\c1ccc(C#Cc2ccc(C)cc2)nc1)C1=CCC=CC=N1.CC. The molecule has 186 valence electrons. The summed E-state index contributed by atoms with van der Waals surface area (Å²) in [4.78, 5) is 18.1. The summed E-state index contributed by atoms with van der Waals surface area (Å²) in [6.07, 6.45) is 19.3. The lowest BCUT2D eigenvalue weighted by molar-refractivity contribution is 1.28. The van der Waals surface area contributed by atoms with Crippen LogP contribution in [0, 0.1) is 18.8 Å². The molecule has 0 radical (unpaired) electrons. The summed E-state index contributed by atoms with van der Waals surface area (Å²) in [6, 6.07) is 12.0. The van der Waals surface area contributed by atoms with E-state index in [9.17, 15) is 0 Å². The molecule has 0 spiro atoms. The molecule has 1 aromatic heterocycles. The number of aryl methyl sites for hydroxylation is 1. The first kappa shape index (κ1) is 28.6. The second-order valence-electron chi connectivity index (χ2n) is 7.53. The minimum atomic E-state index is 0.642. The fourth-order valence-corrected chi connectivity index (χ4v) is 3.09. The molecule has 2 aromatic rings. The Labute approximate surface area is 221 Å². The fourth-order valence-electron chi connectivity index (χ4n) is 3.09. The third-order valence-corrected chi connectivity index (χ3v) is 4.95. The summed E-state index contributed by atoms with van der Waals surface area (Å²) in [5.41, 5.74) is 6.64. The number of rotatable bonds is 7. The van der Waals surface area contributed by atoms with Crippen LogP contribution in [0.2, 0.25) is 0 Å². The maximum absolute atomic E-state index is 4.84. The summed E-state index contributed by atoms with van der Waals surface area (Å²) in [7, 11) is 0. The maximum atomic E-state index is 4.84. The van der Waals surface area contributed by atoms with Crippen LogP contribution in [-0.4, -0.2) is 22.6 Å². The van der Waals surface area contributed by atoms with Crippen LogP contribution in [0.4, 0.5) is 0 Å². The van der Waals surface area contributed by atoms with Crippen molar-refractivity contribution < 1.29 is 0 Å². The zero-order chi connectivity index (χ0) is 26.9. The summed E-state index contributed by atoms with van der Waals surface area (Å²) >= 11 is 0. The average molecular weight is 487 g/mol. The van der Waals surface area contributed by atoms with E-state index in [-0.39, 0.29) is 0 Å². The Kier molecular flexibility index (Phi) is 12.5. The Morgan fingerprint density at radius 3 is 2.49 bits per heavy atom. The first-order valence-corrected chi connectivity index (χ1v) is 12.3. The van der Waals surface area contributed by atoms with Gasteiger partial charge in [-0.2, -0.15) is 0 Å². The van der Waals surface area contributed by atoms with E-state index in [1.165, 1.54) is 11.8 Å². The van der Waals surface area contributed by atoms with Crippen molar-refractivity contribution in [3.05, 3.63) is 132 Å². The molecule has 0 fully saturated rings. The monoisotopic (exact) mass is 486 g/mol. The molecule has 2 heterocycles. The van der Waals surface area contributed by atoms with Crippen molar-refractivity contribution in [3.8, 4) is 11.8 Å². The molecule has 0 N–H and O–H groups in total. The van der Waals surface area contributed by atoms with Gasteiger partial charge in [-0.05, 0) is 68.2 Å². The molecule has 0 atom stereocenters. The highest BCUT2D eigenvalue weighted by molar-refractivity contribution is 6.16. The van der Waals surface area contributed by atoms with Crippen molar-refractivity contribution in [2.75, 3.05) is 0 Å². The van der Waals surface area contributed by atoms with Gasteiger partial charge in [0.1, 0.15) is 5.69 Å². The van der Waals surface area contributed by atoms with Crippen molar-refractivity contribution in [2.24, 2.45) is 15.0 Å². The Balaban J connectivity index is 0.00000235. The Bertz CT molecular complexity index is 1330. The zero-order valence-corrected chi connectivity index (χ0v) is 22.1. The van der Waals surface area contributed by atoms with Crippen LogP contribution in [-0.2, 0) is 0 Å². The molecule has 4 heteroatoms. The number of benzene rings is 1. The molecular formula is C33H34N4. The van der Waals surface area contributed by atoms with Gasteiger partial charge in [0.25, 0.3) is 0 Å². The Morgan fingerprint density at radius 2 is 1.84 bits per heavy atom. The van der Waals surface area contributed by atoms with Gasteiger partial charge in [-0.25, -0.2) is 9.98 Å². The fraction of sp³-hybridized carbons (Fsp3) is 0.152. The first-order chi connectivity index (χ1) is 18.1. The minimum absolute atomic E-state index is 0.642. The highest BCUT2D eigenvalue weighted by Crippen LogP contribution is 2.14. The molecular weight excluding hydrogens is 452 g/mol. The van der Waals surface area contributed by atoms with E-state index >= 15 is 0 Å². The van der Waals surface area contributed by atoms with E-state index in [0.29, 0.717) is 22.8 Å². The quantitative estimate of drug-likeness (QED) is 0.290. The number of pyridine rings is 1. The van der Waals surface area contributed by atoms with Crippen molar-refractivity contribution in [1.29, 1.82) is 0 Å². The summed E-state index contributed by atoms with van der Waals surface area (Å²) < 4.78 is 0. The van der Waals surface area contributed by atoms with Gasteiger partial charge in [0.2, 0.25) is 0 Å². The van der Waals surface area contributed by atoms with Gasteiger partial charge >= 0.3 is 0 Å². The van der Waals surface area contributed by atoms with Gasteiger partial charge in [-0.1, -0.05) is 81.0 Å². The number of aliphatic imine (C=N–C) groups is 3. The van der Waals surface area contributed by atoms with Crippen molar-refractivity contribution >= 4 is 23.7 Å². The van der Waals surface area contributed by atoms with E-state index < -0.39 is 0 Å². The third-order valence-electron chi connectivity index (χ3n) is 4.95. The van der Waals surface area contributed by atoms with Crippen LogP contribution < -0.4 is 0 Å². The van der Waals surface area contributed by atoms with Gasteiger partial charge in [0.05, 0.1) is 22.8 Å². The zero-order valence-electron chi connectivity index (χ0n) is 22.1. The summed E-state index contributed by atoms with van der Waals surface area (Å²) in [5.74, 6) is 6.26. The average Bonchev–Trinajstić information content (AvgIpc) is 3.23. The van der Waals surface area contributed by atoms with Gasteiger partial charge in [0, 0.05) is 24.2 Å². The van der Waals surface area contributed by atoms with Crippen molar-refractivity contribution in [2.45, 2.75) is 34.1 Å². The molecule has 0 aliphatic carbocycles. The molecule has 0 bridgehead atoms. The molecule has 4 nitrogen and oxygen atoms in total. The van der Waals surface area contributed by atoms with E-state index in [1.54, 1.807) is 18.5 Å². The molecule has 0 unspecified atom stereocenters. The van der Waals surface area contributed by atoms with Crippen LogP contribution in [0.5, 0.6) is 0 Å². The topological polar surface area (TPSA) is 50.0 Å². The van der Waals surface area contributed by atoms with Gasteiger partial charge in [-0.15, -0.1) is 0 Å². The highest BCUT2D eigenvalue weighted by Gasteiger charge is 2.07. The predicted molar refractivity (Wildman–Crippen MR) is 161 cm³/mol. The third kappa shape index (κ3) is 9.51. The normalized spacial score (nSPS) is 13.6. The van der Waals surface area contributed by atoms with Crippen LogP contribution in [0.15, 0.2) is 125 Å². The lowest BCUT2D eigenvalue weighted by atomic mass is 10.1. The number of hydrogen-bond donors (Lipinski definition) is 0. The van der Waals surface area contributed by atoms with Crippen LogP contribution in [0.25, 0.3) is 6.08 Å². The highest BCUT2D eigenvalue weighted by atomic mass is 14.9. The van der Waals surface area contributed by atoms with E-state index in [2.05, 4.69) is 59.0 Å². The molecule has 3 rings (SSSR count). The van der Waals surface area contributed by atoms with E-state index in [0.717, 1.165) is 23.2 Å². The van der Waals surface area contributed by atoms with Crippen LogP contribution in [0.1, 0.15) is 49.6 Å². The Hall–Kier alpha value is -4.62. The van der Waals surface area contributed by atoms with E-state index in [4.69, 9.17) is 4.99 Å². The molecule has 1 aliphatic rings. The molecule has 1 aromatic carbocycles. The summed E-state index contributed by atoms with van der Waals surface area (Å²) in [6.45, 7) is 15.5. The number of nitrogens with zero attached hydrogens (tertiary/aromatic N) is 4. The van der Waals surface area contributed by atoms with Gasteiger partial charge < -0.3 is 0 Å². The van der Waals surface area contributed by atoms with Crippen molar-refractivity contribution in [3.63, 3.8) is 0 Å². The smallest absolute Gasteiger partial charge is 0.113 e. The molecule has 0 amide bonds. The molecule has 1 aliphatic heterocycles. The standard InChI is InChI=1S/C31H28N4.C2H6/c1-5-28(32-7-3)29(6-2)35-31(30-11-9-8-10-22-33-30)21-18-26-17-20-27(34-23-26)19-16-25-14-12-24(4)13-15-25;1-2/h5-8,10-15,17-18,20-23H,1,3,9H2,2,4H3;1-2H3/b21-18+,29-6-,32-28?,35-31+;. The first-order valence-electron chi connectivity index (χ1n) is 12.3. The van der Waals surface area contributed by atoms with Gasteiger partial charge in [-0.3, -0.25) is 9.98 Å². The second-order valence-corrected chi connectivity index (χ2v) is 7.53. The number of aromatic nitrogens is 1. The van der Waals surface area contributed by atoms with Crippen LogP contribution >= 0.6 is 0 Å².